The van der Waals surface area contributed by atoms with Crippen molar-refractivity contribution in [3.63, 3.8) is 0 Å². The van der Waals surface area contributed by atoms with Crippen LogP contribution in [0.15, 0.2) is 47.2 Å². The Labute approximate surface area is 188 Å². The van der Waals surface area contributed by atoms with Crippen LogP contribution in [0.1, 0.15) is 11.4 Å². The minimum Gasteiger partial charge on any atom is -0.379 e. The van der Waals surface area contributed by atoms with Crippen molar-refractivity contribution in [2.45, 2.75) is 13.0 Å². The summed E-state index contributed by atoms with van der Waals surface area (Å²) in [5.41, 5.74) is 3.11. The first-order chi connectivity index (χ1) is 15.3. The highest BCUT2D eigenvalue weighted by molar-refractivity contribution is 7.18. The van der Waals surface area contributed by atoms with E-state index in [9.17, 15) is 0 Å². The Morgan fingerprint density at radius 3 is 2.68 bits per heavy atom. The van der Waals surface area contributed by atoms with Crippen molar-refractivity contribution >= 4 is 44.4 Å². The van der Waals surface area contributed by atoms with E-state index in [0.717, 1.165) is 65.0 Å². The van der Waals surface area contributed by atoms with Gasteiger partial charge in [-0.15, -0.1) is 22.7 Å². The molecule has 0 saturated carbocycles. The lowest BCUT2D eigenvalue weighted by molar-refractivity contribution is 0.0331. The van der Waals surface area contributed by atoms with Crippen molar-refractivity contribution in [1.29, 1.82) is 5.26 Å². The standard InChI is InChI=1S/C23H21N5OS2/c24-8-7-16-3-5-17(6-4-16)25-22-21-18(19-2-1-13-30-19)15-31-23(21)27-20(26-22)14-28-9-11-29-12-10-28/h1-6,13,15H,7,9-12,14H2,(H,25,26,27). The zero-order valence-electron chi connectivity index (χ0n) is 16.9. The SMILES string of the molecule is N#CCc1ccc(Nc2nc(CN3CCOCC3)nc3scc(-c4cccs4)c23)cc1. The summed E-state index contributed by atoms with van der Waals surface area (Å²) in [6.45, 7) is 4.01. The van der Waals surface area contributed by atoms with Gasteiger partial charge in [0, 0.05) is 34.6 Å². The van der Waals surface area contributed by atoms with Gasteiger partial charge < -0.3 is 10.1 Å². The fourth-order valence-electron chi connectivity index (χ4n) is 3.65. The number of rotatable bonds is 6. The first-order valence-corrected chi connectivity index (χ1v) is 11.9. The first kappa shape index (κ1) is 20.1. The summed E-state index contributed by atoms with van der Waals surface area (Å²) in [6, 6.07) is 14.3. The summed E-state index contributed by atoms with van der Waals surface area (Å²) in [6.07, 6.45) is 0.411. The second-order valence-electron chi connectivity index (χ2n) is 7.34. The van der Waals surface area contributed by atoms with Crippen molar-refractivity contribution in [3.8, 4) is 16.5 Å². The number of thiophene rings is 2. The molecule has 0 spiro atoms. The van der Waals surface area contributed by atoms with Gasteiger partial charge in [0.2, 0.25) is 0 Å². The van der Waals surface area contributed by atoms with Crippen LogP contribution in [0.3, 0.4) is 0 Å². The number of hydrogen-bond donors (Lipinski definition) is 1. The molecule has 5 rings (SSSR count). The Morgan fingerprint density at radius 1 is 1.10 bits per heavy atom. The monoisotopic (exact) mass is 447 g/mol. The average molecular weight is 448 g/mol. The highest BCUT2D eigenvalue weighted by Crippen LogP contribution is 2.39. The molecule has 0 atom stereocenters. The van der Waals surface area contributed by atoms with Crippen molar-refractivity contribution in [1.82, 2.24) is 14.9 Å². The summed E-state index contributed by atoms with van der Waals surface area (Å²) in [7, 11) is 0. The predicted octanol–water partition coefficient (Wildman–Crippen LogP) is 5.06. The third-order valence-corrected chi connectivity index (χ3v) is 7.01. The zero-order valence-corrected chi connectivity index (χ0v) is 18.5. The van der Waals surface area contributed by atoms with Crippen molar-refractivity contribution in [2.75, 3.05) is 31.6 Å². The van der Waals surface area contributed by atoms with Crippen LogP contribution in [-0.2, 0) is 17.7 Å². The van der Waals surface area contributed by atoms with E-state index in [-0.39, 0.29) is 0 Å². The normalized spacial score (nSPS) is 14.5. The number of nitriles is 1. The summed E-state index contributed by atoms with van der Waals surface area (Å²) < 4.78 is 5.47. The molecule has 3 aromatic heterocycles. The Kier molecular flexibility index (Phi) is 5.91. The van der Waals surface area contributed by atoms with E-state index in [1.54, 1.807) is 22.7 Å². The highest BCUT2D eigenvalue weighted by atomic mass is 32.1. The zero-order chi connectivity index (χ0) is 21.0. The quantitative estimate of drug-likeness (QED) is 0.445. The fraction of sp³-hybridized carbons (Fsp3) is 0.261. The topological polar surface area (TPSA) is 74.1 Å². The molecule has 31 heavy (non-hydrogen) atoms. The largest absolute Gasteiger partial charge is 0.379 e. The molecule has 0 radical (unpaired) electrons. The molecule has 0 bridgehead atoms. The van der Waals surface area contributed by atoms with Crippen molar-refractivity contribution in [2.24, 2.45) is 0 Å². The van der Waals surface area contributed by atoms with Crippen LogP contribution < -0.4 is 5.32 Å². The van der Waals surface area contributed by atoms with Gasteiger partial charge in [-0.25, -0.2) is 9.97 Å². The maximum Gasteiger partial charge on any atom is 0.146 e. The molecule has 8 heteroatoms. The second kappa shape index (κ2) is 9.12. The molecule has 1 saturated heterocycles. The van der Waals surface area contributed by atoms with E-state index < -0.39 is 0 Å². The number of benzene rings is 1. The second-order valence-corrected chi connectivity index (χ2v) is 9.15. The molecule has 0 aliphatic carbocycles. The lowest BCUT2D eigenvalue weighted by atomic mass is 10.1. The van der Waals surface area contributed by atoms with Crippen molar-refractivity contribution < 1.29 is 4.74 Å². The van der Waals surface area contributed by atoms with Gasteiger partial charge in [-0.1, -0.05) is 18.2 Å². The number of ether oxygens (including phenoxy) is 1. The number of aromatic nitrogens is 2. The van der Waals surface area contributed by atoms with Gasteiger partial charge in [-0.2, -0.15) is 5.26 Å². The van der Waals surface area contributed by atoms with Crippen LogP contribution in [0, 0.1) is 11.3 Å². The third kappa shape index (κ3) is 4.45. The third-order valence-electron chi connectivity index (χ3n) is 5.24. The number of nitrogens with one attached hydrogen (secondary N) is 1. The molecule has 1 fully saturated rings. The lowest BCUT2D eigenvalue weighted by Gasteiger charge is -2.25. The van der Waals surface area contributed by atoms with Crippen LogP contribution in [-0.4, -0.2) is 41.2 Å². The molecule has 4 heterocycles. The van der Waals surface area contributed by atoms with E-state index in [2.05, 4.69) is 39.2 Å². The van der Waals surface area contributed by atoms with E-state index in [0.29, 0.717) is 13.0 Å². The van der Waals surface area contributed by atoms with Gasteiger partial charge in [0.15, 0.2) is 0 Å². The van der Waals surface area contributed by atoms with Crippen LogP contribution in [0.2, 0.25) is 0 Å². The number of morpholine rings is 1. The predicted molar refractivity (Wildman–Crippen MR) is 126 cm³/mol. The van der Waals surface area contributed by atoms with Gasteiger partial charge in [-0.3, -0.25) is 4.90 Å². The van der Waals surface area contributed by atoms with Gasteiger partial charge in [0.1, 0.15) is 16.5 Å². The summed E-state index contributed by atoms with van der Waals surface area (Å²) >= 11 is 3.38. The molecule has 0 amide bonds. The smallest absolute Gasteiger partial charge is 0.146 e. The summed E-state index contributed by atoms with van der Waals surface area (Å²) in [5.74, 6) is 1.64. The summed E-state index contributed by atoms with van der Waals surface area (Å²) in [4.78, 5) is 14.4. The van der Waals surface area contributed by atoms with Crippen molar-refractivity contribution in [3.05, 3.63) is 58.5 Å². The maximum atomic E-state index is 8.91. The van der Waals surface area contributed by atoms with E-state index in [1.807, 2.05) is 24.3 Å². The number of anilines is 2. The maximum absolute atomic E-state index is 8.91. The van der Waals surface area contributed by atoms with Crippen LogP contribution in [0.5, 0.6) is 0 Å². The molecule has 4 aromatic rings. The number of nitrogens with zero attached hydrogens (tertiary/aromatic N) is 4. The van der Waals surface area contributed by atoms with Crippen LogP contribution in [0.25, 0.3) is 20.7 Å². The van der Waals surface area contributed by atoms with Gasteiger partial charge in [0.25, 0.3) is 0 Å². The van der Waals surface area contributed by atoms with E-state index >= 15 is 0 Å². The van der Waals surface area contributed by atoms with Crippen LogP contribution in [0.4, 0.5) is 11.5 Å². The lowest BCUT2D eigenvalue weighted by Crippen LogP contribution is -2.36. The Morgan fingerprint density at radius 2 is 1.94 bits per heavy atom. The van der Waals surface area contributed by atoms with E-state index in [1.165, 1.54) is 4.88 Å². The Balaban J connectivity index is 1.53. The number of hydrogen-bond acceptors (Lipinski definition) is 8. The molecule has 0 unspecified atom stereocenters. The minimum absolute atomic E-state index is 0.411. The van der Waals surface area contributed by atoms with E-state index in [4.69, 9.17) is 20.0 Å². The average Bonchev–Trinajstić information content (AvgIpc) is 3.46. The summed E-state index contributed by atoms with van der Waals surface area (Å²) in [5, 5.41) is 17.7. The molecular formula is C23H21N5OS2. The highest BCUT2D eigenvalue weighted by Gasteiger charge is 2.18. The molecule has 6 nitrogen and oxygen atoms in total. The van der Waals surface area contributed by atoms with Gasteiger partial charge in [0.05, 0.1) is 37.6 Å². The minimum atomic E-state index is 0.411. The number of fused-ring (bicyclic) bond motifs is 1. The fourth-order valence-corrected chi connectivity index (χ4v) is 5.43. The molecular weight excluding hydrogens is 426 g/mol. The molecule has 1 aliphatic rings. The first-order valence-electron chi connectivity index (χ1n) is 10.1. The Bertz CT molecular complexity index is 1210. The molecule has 1 aliphatic heterocycles. The molecule has 156 valence electrons. The van der Waals surface area contributed by atoms with Gasteiger partial charge >= 0.3 is 0 Å². The Hall–Kier alpha value is -2.83. The molecule has 1 N–H and O–H groups in total. The van der Waals surface area contributed by atoms with Gasteiger partial charge in [-0.05, 0) is 29.1 Å². The molecule has 1 aromatic carbocycles. The van der Waals surface area contributed by atoms with Crippen LogP contribution >= 0.6 is 22.7 Å².